The molecule has 1 N–H and O–H groups in total. The molecule has 0 atom stereocenters. The first-order valence-electron chi connectivity index (χ1n) is 5.20. The molecule has 6 heteroatoms. The second kappa shape index (κ2) is 5.72. The van der Waals surface area contributed by atoms with E-state index >= 15 is 0 Å². The summed E-state index contributed by atoms with van der Waals surface area (Å²) in [6, 6.07) is 10.3. The summed E-state index contributed by atoms with van der Waals surface area (Å²) in [7, 11) is 0. The van der Waals surface area contributed by atoms with Crippen LogP contribution in [-0.4, -0.2) is 16.1 Å². The van der Waals surface area contributed by atoms with Crippen LogP contribution in [0.2, 0.25) is 0 Å². The summed E-state index contributed by atoms with van der Waals surface area (Å²) >= 11 is 0. The number of ether oxygens (including phenoxy) is 1. The van der Waals surface area contributed by atoms with Gasteiger partial charge in [-0.3, -0.25) is 5.32 Å². The fraction of sp³-hybridized carbons (Fsp3) is 0.0833. The van der Waals surface area contributed by atoms with Crippen LogP contribution in [0.3, 0.4) is 0 Å². The highest BCUT2D eigenvalue weighted by Crippen LogP contribution is 2.03. The van der Waals surface area contributed by atoms with Gasteiger partial charge in [0.25, 0.3) is 0 Å². The molecule has 1 aromatic carbocycles. The van der Waals surface area contributed by atoms with Crippen LogP contribution >= 0.6 is 0 Å². The Labute approximate surface area is 103 Å². The SMILES string of the molecule is O=C(Nc1nccc(F)n1)OCc1ccccc1. The highest BCUT2D eigenvalue weighted by molar-refractivity contribution is 5.82. The number of nitrogens with one attached hydrogen (secondary N) is 1. The predicted molar refractivity (Wildman–Crippen MR) is 62.2 cm³/mol. The van der Waals surface area contributed by atoms with E-state index in [1.165, 1.54) is 6.20 Å². The van der Waals surface area contributed by atoms with Gasteiger partial charge in [0.15, 0.2) is 0 Å². The number of hydrogen-bond acceptors (Lipinski definition) is 4. The molecule has 0 bridgehead atoms. The van der Waals surface area contributed by atoms with Crippen LogP contribution in [0, 0.1) is 5.95 Å². The summed E-state index contributed by atoms with van der Waals surface area (Å²) in [6.07, 6.45) is 0.472. The van der Waals surface area contributed by atoms with E-state index in [-0.39, 0.29) is 12.6 Å². The smallest absolute Gasteiger partial charge is 0.414 e. The monoisotopic (exact) mass is 247 g/mol. The number of rotatable bonds is 3. The number of carbonyl (C=O) groups excluding carboxylic acids is 1. The molecule has 1 heterocycles. The highest BCUT2D eigenvalue weighted by atomic mass is 19.1. The molecule has 0 fully saturated rings. The maximum Gasteiger partial charge on any atom is 0.414 e. The maximum atomic E-state index is 12.7. The summed E-state index contributed by atoms with van der Waals surface area (Å²) in [5.41, 5.74) is 0.854. The largest absolute Gasteiger partial charge is 0.444 e. The van der Waals surface area contributed by atoms with E-state index in [4.69, 9.17) is 4.74 Å². The highest BCUT2D eigenvalue weighted by Gasteiger charge is 2.06. The van der Waals surface area contributed by atoms with Crippen LogP contribution in [0.15, 0.2) is 42.6 Å². The number of amides is 1. The van der Waals surface area contributed by atoms with Gasteiger partial charge in [-0.05, 0) is 5.56 Å². The Balaban J connectivity index is 1.86. The Morgan fingerprint density at radius 3 is 2.78 bits per heavy atom. The summed E-state index contributed by atoms with van der Waals surface area (Å²) < 4.78 is 17.6. The van der Waals surface area contributed by atoms with Crippen molar-refractivity contribution in [3.63, 3.8) is 0 Å². The molecule has 92 valence electrons. The van der Waals surface area contributed by atoms with Gasteiger partial charge >= 0.3 is 6.09 Å². The number of nitrogens with zero attached hydrogens (tertiary/aromatic N) is 2. The molecule has 2 rings (SSSR count). The first-order chi connectivity index (χ1) is 8.74. The second-order valence-electron chi connectivity index (χ2n) is 3.39. The van der Waals surface area contributed by atoms with E-state index in [1.54, 1.807) is 0 Å². The van der Waals surface area contributed by atoms with Crippen molar-refractivity contribution in [1.82, 2.24) is 9.97 Å². The zero-order chi connectivity index (χ0) is 12.8. The van der Waals surface area contributed by atoms with Gasteiger partial charge in [0, 0.05) is 12.3 Å². The zero-order valence-corrected chi connectivity index (χ0v) is 9.34. The van der Waals surface area contributed by atoms with E-state index in [0.29, 0.717) is 0 Å². The van der Waals surface area contributed by atoms with Crippen molar-refractivity contribution in [2.24, 2.45) is 0 Å². The molecule has 0 radical (unpaired) electrons. The minimum atomic E-state index is -0.732. The standard InChI is InChI=1S/C12H10FN3O2/c13-10-6-7-14-11(15-10)16-12(17)18-8-9-4-2-1-3-5-9/h1-7H,8H2,(H,14,15,16,17). The lowest BCUT2D eigenvalue weighted by Crippen LogP contribution is -2.15. The number of anilines is 1. The number of benzene rings is 1. The fourth-order valence-electron chi connectivity index (χ4n) is 1.25. The van der Waals surface area contributed by atoms with Gasteiger partial charge < -0.3 is 4.74 Å². The van der Waals surface area contributed by atoms with Crippen LogP contribution in [0.5, 0.6) is 0 Å². The maximum absolute atomic E-state index is 12.7. The topological polar surface area (TPSA) is 64.1 Å². The minimum Gasteiger partial charge on any atom is -0.444 e. The molecular weight excluding hydrogens is 237 g/mol. The van der Waals surface area contributed by atoms with Crippen molar-refractivity contribution >= 4 is 12.0 Å². The van der Waals surface area contributed by atoms with Gasteiger partial charge in [-0.15, -0.1) is 0 Å². The summed E-state index contributed by atoms with van der Waals surface area (Å²) in [6.45, 7) is 0.127. The molecule has 5 nitrogen and oxygen atoms in total. The van der Waals surface area contributed by atoms with Crippen LogP contribution in [0.25, 0.3) is 0 Å². The fourth-order valence-corrected chi connectivity index (χ4v) is 1.25. The van der Waals surface area contributed by atoms with Gasteiger partial charge in [0.1, 0.15) is 6.61 Å². The lowest BCUT2D eigenvalue weighted by Gasteiger charge is -2.05. The molecule has 0 aliphatic heterocycles. The van der Waals surface area contributed by atoms with E-state index in [9.17, 15) is 9.18 Å². The lowest BCUT2D eigenvalue weighted by atomic mass is 10.2. The molecule has 0 aliphatic rings. The van der Waals surface area contributed by atoms with Crippen molar-refractivity contribution < 1.29 is 13.9 Å². The van der Waals surface area contributed by atoms with Crippen molar-refractivity contribution in [1.29, 1.82) is 0 Å². The third-order valence-corrected chi connectivity index (χ3v) is 2.05. The Morgan fingerprint density at radius 1 is 1.28 bits per heavy atom. The Bertz CT molecular complexity index is 534. The third-order valence-electron chi connectivity index (χ3n) is 2.05. The summed E-state index contributed by atoms with van der Waals surface area (Å²) in [5, 5.41) is 2.23. The van der Waals surface area contributed by atoms with E-state index in [2.05, 4.69) is 15.3 Å². The Kier molecular flexibility index (Phi) is 3.80. The average Bonchev–Trinajstić information content (AvgIpc) is 2.38. The molecule has 0 saturated heterocycles. The minimum absolute atomic E-state index is 0.127. The molecule has 2 aromatic rings. The second-order valence-corrected chi connectivity index (χ2v) is 3.39. The molecule has 18 heavy (non-hydrogen) atoms. The molecule has 0 aliphatic carbocycles. The quantitative estimate of drug-likeness (QED) is 0.845. The number of carbonyl (C=O) groups is 1. The van der Waals surface area contributed by atoms with Crippen LogP contribution < -0.4 is 5.32 Å². The average molecular weight is 247 g/mol. The predicted octanol–water partition coefficient (Wildman–Crippen LogP) is 2.36. The van der Waals surface area contributed by atoms with Crippen LogP contribution in [0.4, 0.5) is 15.1 Å². The Morgan fingerprint density at radius 2 is 2.06 bits per heavy atom. The van der Waals surface area contributed by atoms with Gasteiger partial charge in [-0.25, -0.2) is 9.78 Å². The van der Waals surface area contributed by atoms with E-state index in [0.717, 1.165) is 11.6 Å². The van der Waals surface area contributed by atoms with Crippen molar-refractivity contribution in [3.8, 4) is 0 Å². The molecule has 0 spiro atoms. The normalized spacial score (nSPS) is 9.83. The van der Waals surface area contributed by atoms with Crippen LogP contribution in [0.1, 0.15) is 5.56 Å². The van der Waals surface area contributed by atoms with E-state index < -0.39 is 12.0 Å². The van der Waals surface area contributed by atoms with Crippen LogP contribution in [-0.2, 0) is 11.3 Å². The lowest BCUT2D eigenvalue weighted by molar-refractivity contribution is 0.155. The molecular formula is C12H10FN3O2. The summed E-state index contributed by atoms with van der Waals surface area (Å²) in [4.78, 5) is 18.4. The summed E-state index contributed by atoms with van der Waals surface area (Å²) in [5.74, 6) is -0.851. The van der Waals surface area contributed by atoms with Gasteiger partial charge in [-0.2, -0.15) is 9.37 Å². The van der Waals surface area contributed by atoms with Crippen molar-refractivity contribution in [2.75, 3.05) is 5.32 Å². The third kappa shape index (κ3) is 3.51. The first kappa shape index (κ1) is 12.0. The number of aromatic nitrogens is 2. The van der Waals surface area contributed by atoms with Gasteiger partial charge in [0.2, 0.25) is 11.9 Å². The molecule has 0 unspecified atom stereocenters. The zero-order valence-electron chi connectivity index (χ0n) is 9.34. The first-order valence-corrected chi connectivity index (χ1v) is 5.20. The Hall–Kier alpha value is -2.50. The van der Waals surface area contributed by atoms with Crippen molar-refractivity contribution in [2.45, 2.75) is 6.61 Å². The van der Waals surface area contributed by atoms with Gasteiger partial charge in [0.05, 0.1) is 0 Å². The van der Waals surface area contributed by atoms with E-state index in [1.807, 2.05) is 30.3 Å². The van der Waals surface area contributed by atoms with Crippen molar-refractivity contribution in [3.05, 3.63) is 54.1 Å². The molecule has 1 aromatic heterocycles. The number of hydrogen-bond donors (Lipinski definition) is 1. The number of halogens is 1. The molecule has 0 saturated carbocycles. The van der Waals surface area contributed by atoms with Gasteiger partial charge in [-0.1, -0.05) is 30.3 Å². The molecule has 1 amide bonds.